The highest BCUT2D eigenvalue weighted by molar-refractivity contribution is 5.97. The topological polar surface area (TPSA) is 32.3 Å². The molecule has 1 aromatic rings. The largest absolute Gasteiger partial charge is 0.351 e. The minimum Gasteiger partial charge on any atom is -0.351 e. The Balaban J connectivity index is 1.86. The Morgan fingerprint density at radius 1 is 1.19 bits per heavy atom. The number of nitrogens with zero attached hydrogens (tertiary/aromatic N) is 1. The Morgan fingerprint density at radius 2 is 1.95 bits per heavy atom. The van der Waals surface area contributed by atoms with Gasteiger partial charge in [0.1, 0.15) is 0 Å². The van der Waals surface area contributed by atoms with E-state index in [0.717, 1.165) is 37.9 Å². The lowest BCUT2D eigenvalue weighted by Crippen LogP contribution is -2.48. The zero-order chi connectivity index (χ0) is 14.7. The van der Waals surface area contributed by atoms with Gasteiger partial charge in [-0.25, -0.2) is 0 Å². The van der Waals surface area contributed by atoms with E-state index in [2.05, 4.69) is 29.3 Å². The van der Waals surface area contributed by atoms with E-state index in [-0.39, 0.29) is 11.3 Å². The number of carbonyl (C=O) groups excluding carboxylic acids is 1. The predicted octanol–water partition coefficient (Wildman–Crippen LogP) is 2.95. The van der Waals surface area contributed by atoms with Crippen LogP contribution in [0.1, 0.15) is 54.9 Å². The summed E-state index contributed by atoms with van der Waals surface area (Å²) in [6, 6.07) is 8.20. The number of hydrogen-bond donors (Lipinski definition) is 1. The van der Waals surface area contributed by atoms with Crippen LogP contribution in [0, 0.1) is 0 Å². The molecular formula is C18H26N2O. The average Bonchev–Trinajstić information content (AvgIpc) is 3.03. The summed E-state index contributed by atoms with van der Waals surface area (Å²) in [5.74, 6) is 0.0958. The second-order valence-electron chi connectivity index (χ2n) is 6.56. The molecular weight excluding hydrogens is 260 g/mol. The highest BCUT2D eigenvalue weighted by atomic mass is 16.1. The standard InChI is InChI=1S/C18H26N2O/c1-2-9-18(10-13-20-11-5-6-12-20)14-19-17(21)15-7-3-4-8-16(15)18/h3-4,7-8H,2,5-6,9-14H2,1H3,(H,19,21). The molecule has 1 saturated heterocycles. The molecule has 1 unspecified atom stereocenters. The van der Waals surface area contributed by atoms with Gasteiger partial charge in [-0.1, -0.05) is 31.5 Å². The predicted molar refractivity (Wildman–Crippen MR) is 85.7 cm³/mol. The fourth-order valence-corrected chi connectivity index (χ4v) is 4.01. The summed E-state index contributed by atoms with van der Waals surface area (Å²) < 4.78 is 0. The smallest absolute Gasteiger partial charge is 0.251 e. The molecule has 1 aromatic carbocycles. The molecule has 1 amide bonds. The SMILES string of the molecule is CCCC1(CCN2CCCC2)CNC(=O)c2ccccc21. The first-order valence-corrected chi connectivity index (χ1v) is 8.35. The minimum atomic E-state index is 0.0958. The molecule has 2 heterocycles. The van der Waals surface area contributed by atoms with Crippen LogP contribution < -0.4 is 5.32 Å². The number of rotatable bonds is 5. The minimum absolute atomic E-state index is 0.0958. The Hall–Kier alpha value is -1.35. The lowest BCUT2D eigenvalue weighted by Gasteiger charge is -2.40. The molecule has 3 rings (SSSR count). The van der Waals surface area contributed by atoms with E-state index >= 15 is 0 Å². The lowest BCUT2D eigenvalue weighted by molar-refractivity contribution is 0.0915. The summed E-state index contributed by atoms with van der Waals surface area (Å²) in [6.07, 6.45) is 6.14. The van der Waals surface area contributed by atoms with Crippen LogP contribution in [0.5, 0.6) is 0 Å². The zero-order valence-electron chi connectivity index (χ0n) is 13.0. The molecule has 2 aliphatic heterocycles. The molecule has 1 N–H and O–H groups in total. The fraction of sp³-hybridized carbons (Fsp3) is 0.611. The maximum atomic E-state index is 12.1. The van der Waals surface area contributed by atoms with E-state index in [0.29, 0.717) is 0 Å². The molecule has 3 nitrogen and oxygen atoms in total. The van der Waals surface area contributed by atoms with Crippen molar-refractivity contribution in [3.63, 3.8) is 0 Å². The number of hydrogen-bond acceptors (Lipinski definition) is 2. The highest BCUT2D eigenvalue weighted by Crippen LogP contribution is 2.37. The van der Waals surface area contributed by atoms with E-state index in [1.54, 1.807) is 0 Å². The van der Waals surface area contributed by atoms with Crippen LogP contribution in [-0.4, -0.2) is 37.0 Å². The van der Waals surface area contributed by atoms with Crippen LogP contribution >= 0.6 is 0 Å². The average molecular weight is 286 g/mol. The quantitative estimate of drug-likeness (QED) is 0.902. The van der Waals surface area contributed by atoms with Gasteiger partial charge in [0.2, 0.25) is 0 Å². The van der Waals surface area contributed by atoms with Gasteiger partial charge in [-0.05, 0) is 56.9 Å². The van der Waals surface area contributed by atoms with Crippen molar-refractivity contribution < 1.29 is 4.79 Å². The maximum Gasteiger partial charge on any atom is 0.251 e. The van der Waals surface area contributed by atoms with Crippen molar-refractivity contribution in [3.05, 3.63) is 35.4 Å². The number of fused-ring (bicyclic) bond motifs is 1. The molecule has 3 heteroatoms. The zero-order valence-corrected chi connectivity index (χ0v) is 13.0. The van der Waals surface area contributed by atoms with Gasteiger partial charge in [-0.15, -0.1) is 0 Å². The summed E-state index contributed by atoms with van der Waals surface area (Å²) in [5.41, 5.74) is 2.29. The summed E-state index contributed by atoms with van der Waals surface area (Å²) in [7, 11) is 0. The van der Waals surface area contributed by atoms with Crippen molar-refractivity contribution in [2.45, 2.75) is 44.4 Å². The first-order valence-electron chi connectivity index (χ1n) is 8.35. The van der Waals surface area contributed by atoms with E-state index < -0.39 is 0 Å². The van der Waals surface area contributed by atoms with Crippen LogP contribution in [-0.2, 0) is 5.41 Å². The van der Waals surface area contributed by atoms with Crippen molar-refractivity contribution in [3.8, 4) is 0 Å². The van der Waals surface area contributed by atoms with Gasteiger partial charge >= 0.3 is 0 Å². The summed E-state index contributed by atoms with van der Waals surface area (Å²) >= 11 is 0. The Labute approximate surface area is 127 Å². The molecule has 2 aliphatic rings. The van der Waals surface area contributed by atoms with Crippen molar-refractivity contribution in [1.82, 2.24) is 10.2 Å². The maximum absolute atomic E-state index is 12.1. The second kappa shape index (κ2) is 6.18. The van der Waals surface area contributed by atoms with Crippen molar-refractivity contribution in [2.75, 3.05) is 26.2 Å². The second-order valence-corrected chi connectivity index (χ2v) is 6.56. The molecule has 114 valence electrons. The summed E-state index contributed by atoms with van der Waals surface area (Å²) in [6.45, 7) is 6.69. The van der Waals surface area contributed by atoms with Gasteiger partial charge in [0.15, 0.2) is 0 Å². The molecule has 0 saturated carbocycles. The Bertz CT molecular complexity index is 508. The Kier molecular flexibility index (Phi) is 4.29. The summed E-state index contributed by atoms with van der Waals surface area (Å²) in [5, 5.41) is 3.13. The third-order valence-corrected chi connectivity index (χ3v) is 5.16. The lowest BCUT2D eigenvalue weighted by atomic mass is 9.70. The van der Waals surface area contributed by atoms with Crippen LogP contribution in [0.15, 0.2) is 24.3 Å². The molecule has 0 aliphatic carbocycles. The first-order chi connectivity index (χ1) is 10.2. The van der Waals surface area contributed by atoms with Gasteiger partial charge in [0.05, 0.1) is 0 Å². The van der Waals surface area contributed by atoms with Crippen LogP contribution in [0.3, 0.4) is 0 Å². The van der Waals surface area contributed by atoms with Gasteiger partial charge < -0.3 is 10.2 Å². The van der Waals surface area contributed by atoms with Crippen LogP contribution in [0.25, 0.3) is 0 Å². The number of amides is 1. The van der Waals surface area contributed by atoms with E-state index in [9.17, 15) is 4.79 Å². The normalized spacial score (nSPS) is 25.7. The molecule has 1 atom stereocenters. The van der Waals surface area contributed by atoms with E-state index in [4.69, 9.17) is 0 Å². The number of likely N-dealkylation sites (tertiary alicyclic amines) is 1. The third kappa shape index (κ3) is 2.84. The summed E-state index contributed by atoms with van der Waals surface area (Å²) in [4.78, 5) is 14.7. The highest BCUT2D eigenvalue weighted by Gasteiger charge is 2.38. The molecule has 0 aromatic heterocycles. The van der Waals surface area contributed by atoms with Crippen molar-refractivity contribution in [1.29, 1.82) is 0 Å². The molecule has 0 radical (unpaired) electrons. The van der Waals surface area contributed by atoms with Gasteiger partial charge in [-0.2, -0.15) is 0 Å². The van der Waals surface area contributed by atoms with E-state index in [1.807, 2.05) is 12.1 Å². The van der Waals surface area contributed by atoms with Crippen LogP contribution in [0.4, 0.5) is 0 Å². The number of nitrogens with one attached hydrogen (secondary N) is 1. The number of carbonyl (C=O) groups is 1. The van der Waals surface area contributed by atoms with Gasteiger partial charge in [-0.3, -0.25) is 4.79 Å². The van der Waals surface area contributed by atoms with Crippen LogP contribution in [0.2, 0.25) is 0 Å². The molecule has 0 bridgehead atoms. The molecule has 21 heavy (non-hydrogen) atoms. The Morgan fingerprint density at radius 3 is 2.71 bits per heavy atom. The molecule has 0 spiro atoms. The van der Waals surface area contributed by atoms with Crippen molar-refractivity contribution in [2.24, 2.45) is 0 Å². The molecule has 1 fully saturated rings. The monoisotopic (exact) mass is 286 g/mol. The third-order valence-electron chi connectivity index (χ3n) is 5.16. The first kappa shape index (κ1) is 14.6. The number of benzene rings is 1. The van der Waals surface area contributed by atoms with E-state index in [1.165, 1.54) is 31.5 Å². The van der Waals surface area contributed by atoms with Gasteiger partial charge in [0.25, 0.3) is 5.91 Å². The van der Waals surface area contributed by atoms with Gasteiger partial charge in [0, 0.05) is 17.5 Å². The fourth-order valence-electron chi connectivity index (χ4n) is 4.01. The van der Waals surface area contributed by atoms with Crippen molar-refractivity contribution >= 4 is 5.91 Å².